The van der Waals surface area contributed by atoms with E-state index in [1.165, 1.54) is 6.92 Å². The van der Waals surface area contributed by atoms with Crippen molar-refractivity contribution in [3.8, 4) is 0 Å². The summed E-state index contributed by atoms with van der Waals surface area (Å²) in [7, 11) is 0. The van der Waals surface area contributed by atoms with Crippen LogP contribution in [0, 0.1) is 12.5 Å². The van der Waals surface area contributed by atoms with Gasteiger partial charge in [-0.25, -0.2) is 6.08 Å². The molecular formula is C9H13O2Y-. The fraction of sp³-hybridized carbons (Fsp3) is 0.556. The van der Waals surface area contributed by atoms with Crippen molar-refractivity contribution in [3.63, 3.8) is 0 Å². The van der Waals surface area contributed by atoms with E-state index < -0.39 is 0 Å². The first kappa shape index (κ1) is 14.7. The van der Waals surface area contributed by atoms with Gasteiger partial charge < -0.3 is 9.59 Å². The van der Waals surface area contributed by atoms with Crippen molar-refractivity contribution in [1.82, 2.24) is 0 Å². The third-order valence-corrected chi connectivity index (χ3v) is 1.37. The summed E-state index contributed by atoms with van der Waals surface area (Å²) in [4.78, 5) is 21.3. The molecular weight excluding hydrogens is 229 g/mol. The predicted molar refractivity (Wildman–Crippen MR) is 43.0 cm³/mol. The second-order valence-corrected chi connectivity index (χ2v) is 2.85. The number of hydrogen-bond donors (Lipinski definition) is 0. The molecule has 0 aliphatic carbocycles. The maximum Gasteiger partial charge on any atom is 0.130 e. The van der Waals surface area contributed by atoms with E-state index >= 15 is 0 Å². The Kier molecular flexibility index (Phi) is 9.57. The second-order valence-electron chi connectivity index (χ2n) is 2.85. The van der Waals surface area contributed by atoms with Crippen molar-refractivity contribution in [2.24, 2.45) is 5.92 Å². The first-order valence-electron chi connectivity index (χ1n) is 3.63. The summed E-state index contributed by atoms with van der Waals surface area (Å²) in [6, 6.07) is 0. The molecule has 3 heteroatoms. The first-order chi connectivity index (χ1) is 5.06. The Morgan fingerprint density at radius 3 is 2.25 bits per heavy atom. The molecule has 0 spiro atoms. The summed E-state index contributed by atoms with van der Waals surface area (Å²) in [5.41, 5.74) is 0. The van der Waals surface area contributed by atoms with Gasteiger partial charge in [-0.1, -0.05) is 13.3 Å². The van der Waals surface area contributed by atoms with Gasteiger partial charge in [-0.3, -0.25) is 6.58 Å². The molecule has 65 valence electrons. The number of Topliss-reactive ketones (excluding diaryl/α,β-unsaturated/α-hetero) is 1. The zero-order chi connectivity index (χ0) is 8.85. The molecule has 0 N–H and O–H groups in total. The third-order valence-electron chi connectivity index (χ3n) is 1.37. The van der Waals surface area contributed by atoms with Crippen LogP contribution < -0.4 is 0 Å². The molecule has 0 heterocycles. The number of ketones is 2. The molecule has 0 saturated heterocycles. The van der Waals surface area contributed by atoms with Gasteiger partial charge in [-0.15, -0.1) is 0 Å². The summed E-state index contributed by atoms with van der Waals surface area (Å²) in [5.74, 6) is 0.126. The number of hydrogen-bond acceptors (Lipinski definition) is 2. The predicted octanol–water partition coefficient (Wildman–Crippen LogP) is 1.55. The summed E-state index contributed by atoms with van der Waals surface area (Å²) in [5, 5.41) is 0. The Bertz CT molecular complexity index is 175. The van der Waals surface area contributed by atoms with Gasteiger partial charge in [-0.2, -0.15) is 0 Å². The van der Waals surface area contributed by atoms with Crippen molar-refractivity contribution in [3.05, 3.63) is 12.7 Å². The van der Waals surface area contributed by atoms with Crippen LogP contribution in [0.1, 0.15) is 26.7 Å². The van der Waals surface area contributed by atoms with Crippen molar-refractivity contribution in [2.75, 3.05) is 0 Å². The minimum Gasteiger partial charge on any atom is -0.407 e. The maximum atomic E-state index is 10.7. The van der Waals surface area contributed by atoms with Crippen LogP contribution in [0.25, 0.3) is 0 Å². The van der Waals surface area contributed by atoms with Crippen LogP contribution in [0.3, 0.4) is 0 Å². The largest absolute Gasteiger partial charge is 0.407 e. The average Bonchev–Trinajstić information content (AvgIpc) is 1.85. The fourth-order valence-electron chi connectivity index (χ4n) is 0.974. The van der Waals surface area contributed by atoms with E-state index in [4.69, 9.17) is 6.58 Å². The molecule has 2 nitrogen and oxygen atoms in total. The van der Waals surface area contributed by atoms with E-state index in [0.717, 1.165) is 6.08 Å². The van der Waals surface area contributed by atoms with Crippen LogP contribution in [0.2, 0.25) is 0 Å². The van der Waals surface area contributed by atoms with Crippen LogP contribution in [0.5, 0.6) is 0 Å². The molecule has 0 aromatic rings. The Morgan fingerprint density at radius 1 is 1.42 bits per heavy atom. The maximum absolute atomic E-state index is 10.7. The SMILES string of the molecule is [CH-]=CC(=O)C[C@@H](C)CC(C)=O.[Y]. The standard InChI is InChI=1S/C9H13O2.Y/c1-4-9(11)6-7(2)5-8(3)10;/h1,4,7H,5-6H2,2-3H3;/q-1;/t7-;/m0./s1. The molecule has 0 saturated carbocycles. The molecule has 0 bridgehead atoms. The Morgan fingerprint density at radius 2 is 1.92 bits per heavy atom. The van der Waals surface area contributed by atoms with Crippen LogP contribution in [-0.4, -0.2) is 11.6 Å². The topological polar surface area (TPSA) is 34.1 Å². The van der Waals surface area contributed by atoms with Crippen LogP contribution in [-0.2, 0) is 42.3 Å². The molecule has 1 radical (unpaired) electrons. The summed E-state index contributed by atoms with van der Waals surface area (Å²) in [6.45, 7) is 8.38. The zero-order valence-corrected chi connectivity index (χ0v) is 10.4. The molecule has 12 heavy (non-hydrogen) atoms. The van der Waals surface area contributed by atoms with E-state index in [2.05, 4.69) is 0 Å². The van der Waals surface area contributed by atoms with E-state index in [9.17, 15) is 9.59 Å². The van der Waals surface area contributed by atoms with Crippen LogP contribution >= 0.6 is 0 Å². The number of carbonyl (C=O) groups is 2. The van der Waals surface area contributed by atoms with Gasteiger partial charge in [-0.05, 0) is 12.8 Å². The smallest absolute Gasteiger partial charge is 0.130 e. The van der Waals surface area contributed by atoms with E-state index in [1.807, 2.05) is 6.92 Å². The van der Waals surface area contributed by atoms with E-state index in [1.54, 1.807) is 0 Å². The minimum atomic E-state index is -0.0984. The van der Waals surface area contributed by atoms with Gasteiger partial charge in [0, 0.05) is 44.9 Å². The van der Waals surface area contributed by atoms with E-state index in [-0.39, 0.29) is 50.2 Å². The van der Waals surface area contributed by atoms with Crippen molar-refractivity contribution >= 4 is 11.6 Å². The Balaban J connectivity index is 0. The average molecular weight is 242 g/mol. The molecule has 0 aromatic carbocycles. The van der Waals surface area contributed by atoms with Gasteiger partial charge in [0.1, 0.15) is 5.78 Å². The summed E-state index contributed by atoms with van der Waals surface area (Å²) < 4.78 is 0. The van der Waals surface area contributed by atoms with Crippen molar-refractivity contribution in [2.45, 2.75) is 26.7 Å². The molecule has 1 atom stereocenters. The quantitative estimate of drug-likeness (QED) is 0.541. The Labute approximate surface area is 98.7 Å². The number of carbonyl (C=O) groups excluding carboxylic acids is 2. The van der Waals surface area contributed by atoms with Gasteiger partial charge in [0.2, 0.25) is 0 Å². The first-order valence-corrected chi connectivity index (χ1v) is 3.63. The molecule has 0 fully saturated rings. The van der Waals surface area contributed by atoms with Gasteiger partial charge >= 0.3 is 0 Å². The van der Waals surface area contributed by atoms with Gasteiger partial charge in [0.05, 0.1) is 0 Å². The van der Waals surface area contributed by atoms with Crippen molar-refractivity contribution < 1.29 is 42.3 Å². The molecule has 0 amide bonds. The van der Waals surface area contributed by atoms with Crippen LogP contribution in [0.4, 0.5) is 0 Å². The molecule has 0 rings (SSSR count). The van der Waals surface area contributed by atoms with Gasteiger partial charge in [0.25, 0.3) is 0 Å². The molecule has 0 aromatic heterocycles. The molecule has 0 unspecified atom stereocenters. The van der Waals surface area contributed by atoms with Crippen molar-refractivity contribution in [1.29, 1.82) is 0 Å². The third kappa shape index (κ3) is 8.28. The number of allylic oxidation sites excluding steroid dienone is 1. The second kappa shape index (κ2) is 7.81. The normalized spacial score (nSPS) is 11.2. The monoisotopic (exact) mass is 242 g/mol. The Hall–Kier alpha value is 0.184. The zero-order valence-electron chi connectivity index (χ0n) is 7.54. The summed E-state index contributed by atoms with van der Waals surface area (Å²) in [6.07, 6.45) is 1.88. The minimum absolute atomic E-state index is 0. The van der Waals surface area contributed by atoms with Gasteiger partial charge in [0.15, 0.2) is 0 Å². The molecule has 0 aliphatic rings. The number of rotatable bonds is 5. The molecule has 0 aliphatic heterocycles. The van der Waals surface area contributed by atoms with E-state index in [0.29, 0.717) is 12.8 Å². The summed E-state index contributed by atoms with van der Waals surface area (Å²) >= 11 is 0. The fourth-order valence-corrected chi connectivity index (χ4v) is 0.974. The van der Waals surface area contributed by atoms with Crippen LogP contribution in [0.15, 0.2) is 6.08 Å².